The van der Waals surface area contributed by atoms with Crippen molar-refractivity contribution in [2.45, 2.75) is 95.4 Å². The molecule has 0 unspecified atom stereocenters. The fourth-order valence-electron chi connectivity index (χ4n) is 10.2. The highest BCUT2D eigenvalue weighted by molar-refractivity contribution is 8.76. The summed E-state index contributed by atoms with van der Waals surface area (Å²) in [7, 11) is 3.25. The van der Waals surface area contributed by atoms with Crippen molar-refractivity contribution in [3.8, 4) is 11.5 Å². The molecule has 7 rings (SSSR count). The average Bonchev–Trinajstić information content (AvgIpc) is 3.51. The van der Waals surface area contributed by atoms with Crippen molar-refractivity contribution in [3.05, 3.63) is 34.9 Å². The third-order valence-electron chi connectivity index (χ3n) is 12.3. The summed E-state index contributed by atoms with van der Waals surface area (Å²) in [6.07, 6.45) is 2.50. The van der Waals surface area contributed by atoms with Crippen molar-refractivity contribution in [2.24, 2.45) is 29.1 Å². The fourth-order valence-corrected chi connectivity index (χ4v) is 12.3. The monoisotopic (exact) mass is 732 g/mol. The summed E-state index contributed by atoms with van der Waals surface area (Å²) in [6, 6.07) is 4.13. The highest BCUT2D eigenvalue weighted by atomic mass is 33.1. The van der Waals surface area contributed by atoms with Crippen LogP contribution in [0.5, 0.6) is 11.5 Å². The van der Waals surface area contributed by atoms with Gasteiger partial charge in [-0.15, -0.1) is 0 Å². The number of aryl methyl sites for hydroxylation is 1. The number of aliphatic hydroxyl groups is 3. The van der Waals surface area contributed by atoms with Gasteiger partial charge in [-0.05, 0) is 105 Å². The molecule has 2 spiro atoms. The first-order valence-corrected chi connectivity index (χ1v) is 20.3. The van der Waals surface area contributed by atoms with Gasteiger partial charge in [0.2, 0.25) is 6.29 Å². The Morgan fingerprint density at radius 1 is 1.02 bits per heavy atom. The number of phenols is 1. The molecule has 0 bridgehead atoms. The molecule has 2 aliphatic carbocycles. The summed E-state index contributed by atoms with van der Waals surface area (Å²) in [4.78, 5) is 24.5. The summed E-state index contributed by atoms with van der Waals surface area (Å²) in [5, 5.41) is 56.0. The number of aromatic hydroxyl groups is 1. The van der Waals surface area contributed by atoms with Crippen molar-refractivity contribution in [2.75, 3.05) is 31.5 Å². The van der Waals surface area contributed by atoms with Gasteiger partial charge in [0, 0.05) is 12.4 Å². The third kappa shape index (κ3) is 6.44. The molecule has 5 aliphatic rings. The number of rotatable bonds is 5. The van der Waals surface area contributed by atoms with E-state index in [1.54, 1.807) is 23.8 Å². The van der Waals surface area contributed by atoms with E-state index in [1.165, 1.54) is 62.0 Å². The SMILES string of the molecule is CC(=O)c1c(C)cc2cc(C(=O)O)cc(O[C@@H]3O[C@H](CO)[C@]4(CC[C@H]5CC6(CCCC6)C[C@@H]6COC[C@H](CSSCO4)[C@@H]56)[C@H](O)[C@H]3O)c2c1O. The zero-order chi connectivity index (χ0) is 35.4. The van der Waals surface area contributed by atoms with Crippen molar-refractivity contribution < 1.29 is 54.1 Å². The Morgan fingerprint density at radius 3 is 2.48 bits per heavy atom. The minimum atomic E-state index is -1.67. The minimum absolute atomic E-state index is 0.0556. The molecule has 0 amide bonds. The summed E-state index contributed by atoms with van der Waals surface area (Å²) >= 11 is 0. The first-order chi connectivity index (χ1) is 24.0. The van der Waals surface area contributed by atoms with Crippen molar-refractivity contribution in [3.63, 3.8) is 0 Å². The number of carbonyl (C=O) groups excluding carboxylic acids is 1. The average molecular weight is 733 g/mol. The number of aromatic carboxylic acids is 1. The number of carboxylic acids is 1. The summed E-state index contributed by atoms with van der Waals surface area (Å²) < 4.78 is 25.1. The molecule has 2 aromatic rings. The molecule has 3 saturated heterocycles. The number of benzene rings is 2. The normalized spacial score (nSPS) is 35.8. The number of ether oxygens (including phenoxy) is 4. The van der Waals surface area contributed by atoms with Crippen molar-refractivity contribution in [1.82, 2.24) is 0 Å². The number of Topliss-reactive ketones (excluding diaryl/α,β-unsaturated/α-hetero) is 1. The van der Waals surface area contributed by atoms with Crippen LogP contribution in [-0.2, 0) is 14.2 Å². The van der Waals surface area contributed by atoms with E-state index in [-0.39, 0.29) is 34.0 Å². The van der Waals surface area contributed by atoms with Crippen LogP contribution in [0.25, 0.3) is 10.8 Å². The van der Waals surface area contributed by atoms with Gasteiger partial charge in [-0.25, -0.2) is 4.79 Å². The van der Waals surface area contributed by atoms with Crippen LogP contribution in [0.2, 0.25) is 0 Å². The van der Waals surface area contributed by atoms with Crippen LogP contribution in [0.4, 0.5) is 0 Å². The molecule has 5 N–H and O–H groups in total. The lowest BCUT2D eigenvalue weighted by atomic mass is 9.55. The summed E-state index contributed by atoms with van der Waals surface area (Å²) in [5.41, 5.74) is -0.781. The number of fused-ring (bicyclic) bond motifs is 1. The van der Waals surface area contributed by atoms with Crippen LogP contribution in [0.15, 0.2) is 18.2 Å². The molecule has 13 heteroatoms. The Morgan fingerprint density at radius 2 is 1.76 bits per heavy atom. The molecule has 9 atom stereocenters. The van der Waals surface area contributed by atoms with E-state index in [2.05, 4.69) is 0 Å². The number of carbonyl (C=O) groups is 2. The third-order valence-corrected chi connectivity index (χ3v) is 14.5. The van der Waals surface area contributed by atoms with E-state index < -0.39 is 48.6 Å². The number of phenolic OH excluding ortho intramolecular Hbond substituents is 1. The largest absolute Gasteiger partial charge is 0.506 e. The quantitative estimate of drug-likeness (QED) is 0.198. The van der Waals surface area contributed by atoms with E-state index in [1.807, 2.05) is 0 Å². The molecule has 11 nitrogen and oxygen atoms in total. The highest BCUT2D eigenvalue weighted by Gasteiger charge is 2.59. The van der Waals surface area contributed by atoms with E-state index in [4.69, 9.17) is 18.9 Å². The maximum atomic E-state index is 12.4. The van der Waals surface area contributed by atoms with E-state index >= 15 is 0 Å². The number of aliphatic hydroxyl groups excluding tert-OH is 3. The molecule has 2 saturated carbocycles. The molecule has 2 aromatic carbocycles. The maximum absolute atomic E-state index is 12.4. The Kier molecular flexibility index (Phi) is 10.4. The Hall–Kier alpha value is -2.10. The van der Waals surface area contributed by atoms with Crippen molar-refractivity contribution >= 4 is 44.1 Å². The first-order valence-electron chi connectivity index (χ1n) is 17.8. The van der Waals surface area contributed by atoms with Crippen LogP contribution >= 0.6 is 21.6 Å². The molecule has 0 radical (unpaired) electrons. The van der Waals surface area contributed by atoms with E-state index in [0.29, 0.717) is 46.5 Å². The van der Waals surface area contributed by atoms with Crippen LogP contribution < -0.4 is 4.74 Å². The van der Waals surface area contributed by atoms with Gasteiger partial charge in [-0.1, -0.05) is 40.5 Å². The van der Waals surface area contributed by atoms with Gasteiger partial charge in [0.25, 0.3) is 0 Å². The molecule has 274 valence electrons. The van der Waals surface area contributed by atoms with E-state index in [9.17, 15) is 35.1 Å². The second-order valence-corrected chi connectivity index (χ2v) is 17.7. The lowest BCUT2D eigenvalue weighted by Crippen LogP contribution is -2.69. The zero-order valence-electron chi connectivity index (χ0n) is 28.5. The maximum Gasteiger partial charge on any atom is 0.335 e. The van der Waals surface area contributed by atoms with Gasteiger partial charge in [-0.3, -0.25) is 4.79 Å². The first kappa shape index (κ1) is 36.3. The van der Waals surface area contributed by atoms with Crippen LogP contribution in [0.1, 0.15) is 84.6 Å². The van der Waals surface area contributed by atoms with Crippen LogP contribution in [0, 0.1) is 36.0 Å². The van der Waals surface area contributed by atoms with Gasteiger partial charge in [0.05, 0.1) is 29.7 Å². The zero-order valence-corrected chi connectivity index (χ0v) is 30.2. The van der Waals surface area contributed by atoms with Crippen molar-refractivity contribution in [1.29, 1.82) is 0 Å². The molecule has 3 aliphatic heterocycles. The van der Waals surface area contributed by atoms with Crippen LogP contribution in [0.3, 0.4) is 0 Å². The van der Waals surface area contributed by atoms with Gasteiger partial charge in [-0.2, -0.15) is 0 Å². The number of carboxylic acid groups (broad SMARTS) is 1. The second-order valence-electron chi connectivity index (χ2n) is 15.2. The summed E-state index contributed by atoms with van der Waals surface area (Å²) in [5.74, 6) is 0.715. The standard InChI is InChI=1S/C37H48O11S2/c1-19-9-22-10-23(34(43)44)11-26(30(22)31(40)28(19)20(2)39)47-35-32(41)33(42)37(27(14-38)48-35)8-5-21-12-36(6-3-4-7-36)13-24-15-45-16-25(29(21)24)17-49-50-18-46-37/h9-11,21,24-25,27,29,32-33,35,38,40-42H,3-8,12-18H2,1-2H3,(H,43,44)/t21-,24+,25+,27+,29-,32+,33+,35+,37+/m0/s1. The highest BCUT2D eigenvalue weighted by Crippen LogP contribution is 2.59. The number of hydrogen-bond acceptors (Lipinski definition) is 12. The lowest BCUT2D eigenvalue weighted by Gasteiger charge is -2.54. The lowest BCUT2D eigenvalue weighted by molar-refractivity contribution is -0.323. The second kappa shape index (κ2) is 14.4. The smallest absolute Gasteiger partial charge is 0.335 e. The molecular formula is C37H48O11S2. The fraction of sp³-hybridized carbons (Fsp3) is 0.676. The molecule has 50 heavy (non-hydrogen) atoms. The van der Waals surface area contributed by atoms with Gasteiger partial charge < -0.3 is 44.5 Å². The van der Waals surface area contributed by atoms with E-state index in [0.717, 1.165) is 31.8 Å². The van der Waals surface area contributed by atoms with Gasteiger partial charge in [0.1, 0.15) is 41.4 Å². The van der Waals surface area contributed by atoms with Crippen LogP contribution in [-0.4, -0.2) is 99.0 Å². The Bertz CT molecular complexity index is 1610. The molecular weight excluding hydrogens is 685 g/mol. The molecule has 3 heterocycles. The van der Waals surface area contributed by atoms with Gasteiger partial charge >= 0.3 is 5.97 Å². The number of ketones is 1. The predicted molar refractivity (Wildman–Crippen MR) is 189 cm³/mol. The molecule has 0 aromatic heterocycles. The number of hydrogen-bond donors (Lipinski definition) is 5. The molecule has 5 fully saturated rings. The van der Waals surface area contributed by atoms with Gasteiger partial charge in [0.15, 0.2) is 5.78 Å². The predicted octanol–water partition coefficient (Wildman–Crippen LogP) is 5.31. The summed E-state index contributed by atoms with van der Waals surface area (Å²) in [6.45, 7) is 3.95. The minimum Gasteiger partial charge on any atom is -0.506 e. The Balaban J connectivity index is 1.21. The topological polar surface area (TPSA) is 172 Å². The Labute approximate surface area is 299 Å².